The van der Waals surface area contributed by atoms with Crippen molar-refractivity contribution in [2.75, 3.05) is 13.2 Å². The summed E-state index contributed by atoms with van der Waals surface area (Å²) in [4.78, 5) is 37.9. The first-order chi connectivity index (χ1) is 28.7. The van der Waals surface area contributed by atoms with Gasteiger partial charge in [0.2, 0.25) is 0 Å². The summed E-state index contributed by atoms with van der Waals surface area (Å²) >= 11 is 0. The lowest BCUT2D eigenvalue weighted by atomic mass is 10.0. The third-order valence-electron chi connectivity index (χ3n) is 12.0. The van der Waals surface area contributed by atoms with Crippen LogP contribution in [0.25, 0.3) is 0 Å². The highest BCUT2D eigenvalue weighted by molar-refractivity contribution is 5.71. The van der Waals surface area contributed by atoms with Crippen molar-refractivity contribution in [3.8, 4) is 0 Å². The van der Waals surface area contributed by atoms with E-state index < -0.39 is 6.10 Å². The van der Waals surface area contributed by atoms with E-state index in [2.05, 4.69) is 34.6 Å². The van der Waals surface area contributed by atoms with Gasteiger partial charge in [0.05, 0.1) is 0 Å². The molecular weight excluding hydrogens is 733 g/mol. The second-order valence-electron chi connectivity index (χ2n) is 19.1. The fourth-order valence-corrected chi connectivity index (χ4v) is 7.99. The maximum Gasteiger partial charge on any atom is 0.306 e. The Kier molecular flexibility index (Phi) is 44.7. The number of carbonyl (C=O) groups excluding carboxylic acids is 3. The van der Waals surface area contributed by atoms with E-state index in [9.17, 15) is 14.4 Å². The zero-order valence-corrected chi connectivity index (χ0v) is 40.4. The second-order valence-corrected chi connectivity index (χ2v) is 19.1. The molecule has 0 spiro atoms. The van der Waals surface area contributed by atoms with Gasteiger partial charge in [-0.3, -0.25) is 14.4 Å². The van der Waals surface area contributed by atoms with Gasteiger partial charge in [0.25, 0.3) is 0 Å². The summed E-state index contributed by atoms with van der Waals surface area (Å²) in [6.45, 7) is 11.4. The molecule has 0 saturated heterocycles. The number of esters is 3. The largest absolute Gasteiger partial charge is 0.462 e. The van der Waals surface area contributed by atoms with Crippen LogP contribution in [-0.2, 0) is 28.6 Å². The molecule has 0 aromatic carbocycles. The summed E-state index contributed by atoms with van der Waals surface area (Å²) in [5.41, 5.74) is 0. The average molecular weight is 835 g/mol. The SMILES string of the molecule is CCCCCCCCCCCCCC(=O)OC[C@H](COC(=O)CCCCCCCCCCCCC(C)C)OC(=O)CCCCCCCCCCCCCCCCC(C)C. The van der Waals surface area contributed by atoms with Crippen LogP contribution < -0.4 is 0 Å². The van der Waals surface area contributed by atoms with Crippen LogP contribution in [0.4, 0.5) is 0 Å². The summed E-state index contributed by atoms with van der Waals surface area (Å²) in [5.74, 6) is 0.814. The predicted octanol–water partition coefficient (Wildman–Crippen LogP) is 16.9. The minimum Gasteiger partial charge on any atom is -0.462 e. The van der Waals surface area contributed by atoms with Crippen LogP contribution in [0, 0.1) is 11.8 Å². The topological polar surface area (TPSA) is 78.9 Å². The van der Waals surface area contributed by atoms with Gasteiger partial charge in [-0.1, -0.05) is 253 Å². The Labute approximate surface area is 368 Å². The molecule has 0 unspecified atom stereocenters. The highest BCUT2D eigenvalue weighted by Gasteiger charge is 2.19. The van der Waals surface area contributed by atoms with Crippen molar-refractivity contribution in [3.05, 3.63) is 0 Å². The standard InChI is InChI=1S/C53H102O6/c1-6-7-8-9-10-11-16-23-28-33-38-43-51(54)57-46-50(47-58-52(55)44-39-34-29-24-20-19-22-27-32-37-42-49(4)5)59-53(56)45-40-35-30-25-18-15-13-12-14-17-21-26-31-36-41-48(2)3/h48-50H,6-47H2,1-5H3/t50-/m1/s1. The van der Waals surface area contributed by atoms with E-state index in [1.165, 1.54) is 180 Å². The molecule has 0 N–H and O–H groups in total. The van der Waals surface area contributed by atoms with Gasteiger partial charge in [-0.2, -0.15) is 0 Å². The van der Waals surface area contributed by atoms with E-state index in [0.29, 0.717) is 19.3 Å². The van der Waals surface area contributed by atoms with E-state index in [1.807, 2.05) is 0 Å². The highest BCUT2D eigenvalue weighted by Crippen LogP contribution is 2.17. The molecule has 0 rings (SSSR count). The van der Waals surface area contributed by atoms with Crippen LogP contribution in [0.2, 0.25) is 0 Å². The molecule has 0 amide bonds. The maximum absolute atomic E-state index is 12.8. The van der Waals surface area contributed by atoms with Gasteiger partial charge in [0.1, 0.15) is 13.2 Å². The van der Waals surface area contributed by atoms with Crippen molar-refractivity contribution < 1.29 is 28.6 Å². The molecule has 1 atom stereocenters. The first-order valence-corrected chi connectivity index (χ1v) is 26.2. The average Bonchev–Trinajstić information content (AvgIpc) is 3.20. The van der Waals surface area contributed by atoms with Crippen molar-refractivity contribution in [1.29, 1.82) is 0 Å². The highest BCUT2D eigenvalue weighted by atomic mass is 16.6. The molecule has 0 aromatic heterocycles. The zero-order chi connectivity index (χ0) is 43.3. The first kappa shape index (κ1) is 57.4. The lowest BCUT2D eigenvalue weighted by Gasteiger charge is -2.18. The molecule has 0 heterocycles. The first-order valence-electron chi connectivity index (χ1n) is 26.2. The quantitative estimate of drug-likeness (QED) is 0.0345. The summed E-state index contributed by atoms with van der Waals surface area (Å²) in [5, 5.41) is 0. The Morgan fingerprint density at radius 3 is 0.831 bits per heavy atom. The van der Waals surface area contributed by atoms with Crippen molar-refractivity contribution in [3.63, 3.8) is 0 Å². The molecule has 0 aliphatic rings. The zero-order valence-electron chi connectivity index (χ0n) is 40.4. The second kappa shape index (κ2) is 45.9. The van der Waals surface area contributed by atoms with Gasteiger partial charge in [0, 0.05) is 19.3 Å². The molecule has 0 aromatic rings. The number of ether oxygens (including phenoxy) is 3. The van der Waals surface area contributed by atoms with Crippen LogP contribution in [-0.4, -0.2) is 37.2 Å². The molecule has 0 fully saturated rings. The van der Waals surface area contributed by atoms with E-state index in [-0.39, 0.29) is 31.1 Å². The van der Waals surface area contributed by atoms with Crippen LogP contribution in [0.3, 0.4) is 0 Å². The Morgan fingerprint density at radius 2 is 0.559 bits per heavy atom. The lowest BCUT2D eigenvalue weighted by molar-refractivity contribution is -0.167. The third-order valence-corrected chi connectivity index (χ3v) is 12.0. The van der Waals surface area contributed by atoms with Gasteiger partial charge in [0.15, 0.2) is 6.10 Å². The molecule has 0 radical (unpaired) electrons. The van der Waals surface area contributed by atoms with Gasteiger partial charge >= 0.3 is 17.9 Å². The predicted molar refractivity (Wildman–Crippen MR) is 252 cm³/mol. The number of hydrogen-bond acceptors (Lipinski definition) is 6. The van der Waals surface area contributed by atoms with Gasteiger partial charge in [-0.25, -0.2) is 0 Å². The molecule has 0 aliphatic carbocycles. The van der Waals surface area contributed by atoms with Crippen molar-refractivity contribution in [2.24, 2.45) is 11.8 Å². The van der Waals surface area contributed by atoms with E-state index in [1.54, 1.807) is 0 Å². The molecule has 6 heteroatoms. The van der Waals surface area contributed by atoms with Crippen molar-refractivity contribution in [2.45, 2.75) is 298 Å². The smallest absolute Gasteiger partial charge is 0.306 e. The van der Waals surface area contributed by atoms with Crippen LogP contribution in [0.1, 0.15) is 291 Å². The Hall–Kier alpha value is -1.59. The maximum atomic E-state index is 12.8. The van der Waals surface area contributed by atoms with E-state index in [0.717, 1.165) is 69.6 Å². The molecular formula is C53H102O6. The molecule has 350 valence electrons. The molecule has 0 bridgehead atoms. The van der Waals surface area contributed by atoms with Crippen LogP contribution in [0.5, 0.6) is 0 Å². The molecule has 0 aliphatic heterocycles. The number of unbranched alkanes of at least 4 members (excludes halogenated alkanes) is 32. The Morgan fingerprint density at radius 1 is 0.322 bits per heavy atom. The molecule has 59 heavy (non-hydrogen) atoms. The molecule has 6 nitrogen and oxygen atoms in total. The Bertz CT molecular complexity index is 900. The Balaban J connectivity index is 4.29. The summed E-state index contributed by atoms with van der Waals surface area (Å²) in [6.07, 6.45) is 46.6. The summed E-state index contributed by atoms with van der Waals surface area (Å²) in [6, 6.07) is 0. The number of rotatable bonds is 47. The van der Waals surface area contributed by atoms with Gasteiger partial charge < -0.3 is 14.2 Å². The van der Waals surface area contributed by atoms with Gasteiger partial charge in [-0.15, -0.1) is 0 Å². The normalized spacial score (nSPS) is 12.1. The van der Waals surface area contributed by atoms with Crippen molar-refractivity contribution in [1.82, 2.24) is 0 Å². The third kappa shape index (κ3) is 47.3. The fourth-order valence-electron chi connectivity index (χ4n) is 7.99. The van der Waals surface area contributed by atoms with Crippen LogP contribution in [0.15, 0.2) is 0 Å². The van der Waals surface area contributed by atoms with Gasteiger partial charge in [-0.05, 0) is 31.1 Å². The number of hydrogen-bond donors (Lipinski definition) is 0. The molecule has 0 saturated carbocycles. The van der Waals surface area contributed by atoms with E-state index >= 15 is 0 Å². The monoisotopic (exact) mass is 835 g/mol. The summed E-state index contributed by atoms with van der Waals surface area (Å²) < 4.78 is 16.8. The fraction of sp³-hybridized carbons (Fsp3) is 0.943. The minimum absolute atomic E-state index is 0.0636. The minimum atomic E-state index is -0.761. The van der Waals surface area contributed by atoms with Crippen molar-refractivity contribution >= 4 is 17.9 Å². The summed E-state index contributed by atoms with van der Waals surface area (Å²) in [7, 11) is 0. The number of carbonyl (C=O) groups is 3. The van der Waals surface area contributed by atoms with Crippen LogP contribution >= 0.6 is 0 Å². The van der Waals surface area contributed by atoms with E-state index in [4.69, 9.17) is 14.2 Å². The lowest BCUT2D eigenvalue weighted by Crippen LogP contribution is -2.30.